The van der Waals surface area contributed by atoms with E-state index in [1.165, 1.54) is 0 Å². The highest BCUT2D eigenvalue weighted by Crippen LogP contribution is 2.20. The van der Waals surface area contributed by atoms with Crippen LogP contribution in [0.5, 0.6) is 0 Å². The van der Waals surface area contributed by atoms with Crippen molar-refractivity contribution < 1.29 is 9.59 Å². The summed E-state index contributed by atoms with van der Waals surface area (Å²) in [6.45, 7) is 4.83. The summed E-state index contributed by atoms with van der Waals surface area (Å²) < 4.78 is 0. The summed E-state index contributed by atoms with van der Waals surface area (Å²) in [5, 5.41) is 5.87. The number of nitrogens with one attached hydrogen (secondary N) is 2. The molecule has 1 heterocycles. The Kier molecular flexibility index (Phi) is 6.17. The third-order valence-electron chi connectivity index (χ3n) is 5.40. The van der Waals surface area contributed by atoms with Crippen molar-refractivity contribution in [1.29, 1.82) is 0 Å². The van der Waals surface area contributed by atoms with Crippen LogP contribution < -0.4 is 15.5 Å². The number of hydrogen-bond donors (Lipinski definition) is 2. The van der Waals surface area contributed by atoms with Gasteiger partial charge < -0.3 is 20.4 Å². The highest BCUT2D eigenvalue weighted by molar-refractivity contribution is 6.04. The van der Waals surface area contributed by atoms with Crippen LogP contribution >= 0.6 is 0 Å². The third kappa shape index (κ3) is 5.22. The molecule has 6 nitrogen and oxygen atoms in total. The average molecular weight is 415 g/mol. The van der Waals surface area contributed by atoms with Crippen LogP contribution in [-0.2, 0) is 0 Å². The van der Waals surface area contributed by atoms with Crippen molar-refractivity contribution in [3.05, 3.63) is 90.0 Å². The number of amides is 3. The number of para-hydroxylation sites is 1. The van der Waals surface area contributed by atoms with Gasteiger partial charge >= 0.3 is 6.03 Å². The molecule has 0 unspecified atom stereocenters. The second-order valence-electron chi connectivity index (χ2n) is 7.64. The second kappa shape index (κ2) is 9.34. The number of carbonyl (C=O) groups is 2. The first kappa shape index (κ1) is 20.5. The molecule has 3 aromatic rings. The van der Waals surface area contributed by atoms with E-state index in [0.29, 0.717) is 18.7 Å². The molecule has 1 aliphatic heterocycles. The molecule has 0 bridgehead atoms. The first-order chi connectivity index (χ1) is 15.1. The molecule has 0 aliphatic carbocycles. The Balaban J connectivity index is 1.29. The number of piperazine rings is 1. The van der Waals surface area contributed by atoms with Crippen LogP contribution in [0.15, 0.2) is 78.9 Å². The van der Waals surface area contributed by atoms with Gasteiger partial charge in [-0.15, -0.1) is 0 Å². The minimum absolute atomic E-state index is 0.0694. The van der Waals surface area contributed by atoms with E-state index in [2.05, 4.69) is 15.5 Å². The SMILES string of the molecule is Cc1ccc(C(=O)Nc2ccc(N3CCN(C(=O)Nc4ccccc4)CC3)cc2)cc1. The minimum Gasteiger partial charge on any atom is -0.368 e. The van der Waals surface area contributed by atoms with E-state index in [1.54, 1.807) is 0 Å². The maximum absolute atomic E-state index is 12.4. The van der Waals surface area contributed by atoms with Crippen molar-refractivity contribution in [2.75, 3.05) is 41.7 Å². The summed E-state index contributed by atoms with van der Waals surface area (Å²) in [5.41, 5.74) is 4.41. The molecule has 0 spiro atoms. The van der Waals surface area contributed by atoms with E-state index < -0.39 is 0 Å². The molecule has 2 N–H and O–H groups in total. The molecule has 0 radical (unpaired) electrons. The summed E-state index contributed by atoms with van der Waals surface area (Å²) in [6, 6.07) is 24.8. The molecule has 0 atom stereocenters. The fourth-order valence-electron chi connectivity index (χ4n) is 3.56. The second-order valence-corrected chi connectivity index (χ2v) is 7.64. The Bertz CT molecular complexity index is 1030. The summed E-state index contributed by atoms with van der Waals surface area (Å²) in [5.74, 6) is -0.120. The lowest BCUT2D eigenvalue weighted by atomic mass is 10.1. The first-order valence-corrected chi connectivity index (χ1v) is 10.4. The Hall–Kier alpha value is -3.80. The van der Waals surface area contributed by atoms with Crippen LogP contribution in [-0.4, -0.2) is 43.0 Å². The summed E-state index contributed by atoms with van der Waals surface area (Å²) in [7, 11) is 0. The summed E-state index contributed by atoms with van der Waals surface area (Å²) >= 11 is 0. The van der Waals surface area contributed by atoms with Gasteiger partial charge in [-0.05, 0) is 55.5 Å². The zero-order valence-corrected chi connectivity index (χ0v) is 17.5. The van der Waals surface area contributed by atoms with E-state index >= 15 is 0 Å². The van der Waals surface area contributed by atoms with Gasteiger partial charge in [-0.3, -0.25) is 4.79 Å². The fourth-order valence-corrected chi connectivity index (χ4v) is 3.56. The van der Waals surface area contributed by atoms with Crippen LogP contribution in [0.4, 0.5) is 21.9 Å². The number of hydrogen-bond acceptors (Lipinski definition) is 3. The Morgan fingerprint density at radius 1 is 0.710 bits per heavy atom. The van der Waals surface area contributed by atoms with Gasteiger partial charge in [0.1, 0.15) is 0 Å². The zero-order chi connectivity index (χ0) is 21.6. The van der Waals surface area contributed by atoms with Gasteiger partial charge in [0.2, 0.25) is 0 Å². The molecule has 3 aromatic carbocycles. The van der Waals surface area contributed by atoms with Crippen molar-refractivity contribution >= 4 is 29.0 Å². The highest BCUT2D eigenvalue weighted by Gasteiger charge is 2.21. The summed E-state index contributed by atoms with van der Waals surface area (Å²) in [4.78, 5) is 28.9. The van der Waals surface area contributed by atoms with E-state index in [0.717, 1.165) is 35.7 Å². The molecule has 6 heteroatoms. The van der Waals surface area contributed by atoms with E-state index in [4.69, 9.17) is 0 Å². The largest absolute Gasteiger partial charge is 0.368 e. The lowest BCUT2D eigenvalue weighted by Crippen LogP contribution is -2.50. The predicted molar refractivity (Wildman–Crippen MR) is 125 cm³/mol. The minimum atomic E-state index is -0.120. The third-order valence-corrected chi connectivity index (χ3v) is 5.40. The molecule has 158 valence electrons. The molecular weight excluding hydrogens is 388 g/mol. The fraction of sp³-hybridized carbons (Fsp3) is 0.200. The maximum Gasteiger partial charge on any atom is 0.321 e. The van der Waals surface area contributed by atoms with Gasteiger partial charge in [-0.2, -0.15) is 0 Å². The Morgan fingerprint density at radius 3 is 1.97 bits per heavy atom. The quantitative estimate of drug-likeness (QED) is 0.656. The lowest BCUT2D eigenvalue weighted by Gasteiger charge is -2.36. The maximum atomic E-state index is 12.4. The van der Waals surface area contributed by atoms with Crippen LogP contribution in [0.25, 0.3) is 0 Å². The van der Waals surface area contributed by atoms with E-state index in [9.17, 15) is 9.59 Å². The predicted octanol–water partition coefficient (Wildman–Crippen LogP) is 4.60. The standard InChI is InChI=1S/C25H26N4O2/c1-19-7-9-20(10-8-19)24(30)26-22-11-13-23(14-12-22)28-15-17-29(18-16-28)25(31)27-21-5-3-2-4-6-21/h2-14H,15-18H2,1H3,(H,26,30)(H,27,31). The van der Waals surface area contributed by atoms with Crippen LogP contribution in [0.3, 0.4) is 0 Å². The number of benzene rings is 3. The molecular formula is C25H26N4O2. The van der Waals surface area contributed by atoms with Crippen molar-refractivity contribution in [1.82, 2.24) is 4.90 Å². The Labute approximate surface area is 182 Å². The first-order valence-electron chi connectivity index (χ1n) is 10.4. The van der Waals surface area contributed by atoms with Crippen molar-refractivity contribution in [2.24, 2.45) is 0 Å². The lowest BCUT2D eigenvalue weighted by molar-refractivity contribution is 0.102. The molecule has 0 aromatic heterocycles. The molecule has 1 saturated heterocycles. The number of nitrogens with zero attached hydrogens (tertiary/aromatic N) is 2. The van der Waals surface area contributed by atoms with E-state index in [1.807, 2.05) is 90.7 Å². The van der Waals surface area contributed by atoms with Gasteiger partial charge in [0, 0.05) is 48.8 Å². The summed E-state index contributed by atoms with van der Waals surface area (Å²) in [6.07, 6.45) is 0. The number of anilines is 3. The number of rotatable bonds is 4. The van der Waals surface area contributed by atoms with Crippen molar-refractivity contribution in [3.8, 4) is 0 Å². The van der Waals surface area contributed by atoms with Gasteiger partial charge in [0.05, 0.1) is 0 Å². The van der Waals surface area contributed by atoms with Gasteiger partial charge in [-0.25, -0.2) is 4.79 Å². The number of urea groups is 1. The molecule has 4 rings (SSSR count). The van der Waals surface area contributed by atoms with Crippen LogP contribution in [0.1, 0.15) is 15.9 Å². The van der Waals surface area contributed by atoms with Crippen LogP contribution in [0.2, 0.25) is 0 Å². The van der Waals surface area contributed by atoms with Crippen LogP contribution in [0, 0.1) is 6.92 Å². The number of carbonyl (C=O) groups excluding carboxylic acids is 2. The van der Waals surface area contributed by atoms with E-state index in [-0.39, 0.29) is 11.9 Å². The molecule has 1 fully saturated rings. The molecule has 0 saturated carbocycles. The van der Waals surface area contributed by atoms with Crippen molar-refractivity contribution in [3.63, 3.8) is 0 Å². The monoisotopic (exact) mass is 414 g/mol. The number of aryl methyl sites for hydroxylation is 1. The average Bonchev–Trinajstić information content (AvgIpc) is 2.81. The molecule has 31 heavy (non-hydrogen) atoms. The molecule has 3 amide bonds. The van der Waals surface area contributed by atoms with Crippen molar-refractivity contribution in [2.45, 2.75) is 6.92 Å². The topological polar surface area (TPSA) is 64.7 Å². The van der Waals surface area contributed by atoms with Gasteiger partial charge in [-0.1, -0.05) is 35.9 Å². The normalized spacial score (nSPS) is 13.6. The smallest absolute Gasteiger partial charge is 0.321 e. The van der Waals surface area contributed by atoms with Gasteiger partial charge in [0.25, 0.3) is 5.91 Å². The molecule has 1 aliphatic rings. The zero-order valence-electron chi connectivity index (χ0n) is 17.5. The Morgan fingerprint density at radius 2 is 1.32 bits per heavy atom. The van der Waals surface area contributed by atoms with Gasteiger partial charge in [0.15, 0.2) is 0 Å². The highest BCUT2D eigenvalue weighted by atomic mass is 16.2.